The van der Waals surface area contributed by atoms with E-state index in [0.717, 1.165) is 67.1 Å². The number of thioether (sulfide) groups is 1. The van der Waals surface area contributed by atoms with E-state index in [1.54, 1.807) is 11.8 Å². The molecule has 2 heterocycles. The van der Waals surface area contributed by atoms with Crippen LogP contribution < -0.4 is 0 Å². The Morgan fingerprint density at radius 2 is 1.87 bits per heavy atom. The van der Waals surface area contributed by atoms with Gasteiger partial charge in [-0.05, 0) is 76.7 Å². The Morgan fingerprint density at radius 1 is 1.17 bits per heavy atom. The number of piperidine rings is 1. The zero-order valence-corrected chi connectivity index (χ0v) is 19.1. The maximum Gasteiger partial charge on any atom is 0.253 e. The van der Waals surface area contributed by atoms with Gasteiger partial charge in [0.05, 0.1) is 0 Å². The monoisotopic (exact) mass is 427 g/mol. The van der Waals surface area contributed by atoms with E-state index in [9.17, 15) is 4.79 Å². The van der Waals surface area contributed by atoms with Gasteiger partial charge in [-0.1, -0.05) is 23.9 Å². The quantitative estimate of drug-likeness (QED) is 0.795. The molecular weight excluding hydrogens is 394 g/mol. The summed E-state index contributed by atoms with van der Waals surface area (Å²) < 4.78 is 0. The molecule has 2 fully saturated rings. The van der Waals surface area contributed by atoms with Crippen molar-refractivity contribution in [1.82, 2.24) is 14.8 Å². The molecule has 30 heavy (non-hydrogen) atoms. The second-order valence-electron chi connectivity index (χ2n) is 8.98. The van der Waals surface area contributed by atoms with Gasteiger partial charge in [0.25, 0.3) is 5.91 Å². The van der Waals surface area contributed by atoms with Gasteiger partial charge in [0.15, 0.2) is 0 Å². The normalized spacial score (nSPS) is 26.0. The highest BCUT2D eigenvalue weighted by Gasteiger charge is 2.34. The van der Waals surface area contributed by atoms with Crippen molar-refractivity contribution in [3.63, 3.8) is 0 Å². The Labute approximate surface area is 184 Å². The van der Waals surface area contributed by atoms with Crippen LogP contribution in [0.3, 0.4) is 0 Å². The second kappa shape index (κ2) is 9.10. The van der Waals surface area contributed by atoms with Crippen LogP contribution in [-0.4, -0.2) is 77.1 Å². The summed E-state index contributed by atoms with van der Waals surface area (Å²) >= 11 is 1.80. The SMILES string of the molecule is CN1CCC(N(C)C(=O)c2ccc(C3=NN(C)C(C4CCCC(=N)C4)S3)cc2)CC1. The van der Waals surface area contributed by atoms with Crippen LogP contribution in [0.15, 0.2) is 29.4 Å². The molecule has 7 heteroatoms. The topological polar surface area (TPSA) is 63.0 Å². The van der Waals surface area contributed by atoms with Crippen LogP contribution in [-0.2, 0) is 0 Å². The van der Waals surface area contributed by atoms with Gasteiger partial charge in [-0.3, -0.25) is 9.80 Å². The summed E-state index contributed by atoms with van der Waals surface area (Å²) in [5, 5.41) is 16.2. The van der Waals surface area contributed by atoms with Crippen LogP contribution in [0.25, 0.3) is 0 Å². The van der Waals surface area contributed by atoms with Gasteiger partial charge in [0.1, 0.15) is 10.4 Å². The van der Waals surface area contributed by atoms with Crippen LogP contribution in [0, 0.1) is 11.3 Å². The number of carbonyl (C=O) groups is 1. The molecule has 0 spiro atoms. The number of amides is 1. The van der Waals surface area contributed by atoms with Gasteiger partial charge >= 0.3 is 0 Å². The summed E-state index contributed by atoms with van der Waals surface area (Å²) in [6.45, 7) is 2.10. The lowest BCUT2D eigenvalue weighted by molar-refractivity contribution is 0.0659. The lowest BCUT2D eigenvalue weighted by Gasteiger charge is -2.35. The molecule has 0 aromatic heterocycles. The fourth-order valence-corrected chi connectivity index (χ4v) is 6.09. The van der Waals surface area contributed by atoms with Gasteiger partial charge < -0.3 is 15.2 Å². The van der Waals surface area contributed by atoms with Gasteiger partial charge in [0, 0.05) is 37.0 Å². The summed E-state index contributed by atoms with van der Waals surface area (Å²) in [6.07, 6.45) is 6.21. The minimum atomic E-state index is 0.104. The van der Waals surface area contributed by atoms with E-state index in [4.69, 9.17) is 10.5 Å². The number of carbonyl (C=O) groups excluding carboxylic acids is 1. The number of rotatable bonds is 4. The molecule has 1 saturated carbocycles. The Bertz CT molecular complexity index is 815. The van der Waals surface area contributed by atoms with Crippen molar-refractivity contribution in [3.05, 3.63) is 35.4 Å². The third-order valence-corrected chi connectivity index (χ3v) is 8.22. The Morgan fingerprint density at radius 3 is 2.53 bits per heavy atom. The van der Waals surface area contributed by atoms with Crippen LogP contribution in [0.2, 0.25) is 0 Å². The van der Waals surface area contributed by atoms with Crippen molar-refractivity contribution in [2.45, 2.75) is 49.9 Å². The van der Waals surface area contributed by atoms with Crippen LogP contribution in [0.5, 0.6) is 0 Å². The first-order chi connectivity index (χ1) is 14.4. The molecule has 4 rings (SSSR count). The molecule has 1 aromatic rings. The molecule has 3 aliphatic rings. The standard InChI is InChI=1S/C23H33N5OS/c1-26-13-11-20(12-14-26)27(2)22(29)17-9-7-16(8-10-17)21-25-28(3)23(30-21)18-5-4-6-19(24)15-18/h7-10,18,20,23-24H,4-6,11-15H2,1-3H3. The fraction of sp³-hybridized carbons (Fsp3) is 0.609. The fourth-order valence-electron chi connectivity index (χ4n) is 4.79. The van der Waals surface area contributed by atoms with Crippen molar-refractivity contribution in [3.8, 4) is 0 Å². The largest absolute Gasteiger partial charge is 0.339 e. The first-order valence-electron chi connectivity index (χ1n) is 11.0. The average molecular weight is 428 g/mol. The van der Waals surface area contributed by atoms with E-state index >= 15 is 0 Å². The minimum absolute atomic E-state index is 0.104. The molecule has 6 nitrogen and oxygen atoms in total. The van der Waals surface area contributed by atoms with Crippen molar-refractivity contribution < 1.29 is 4.79 Å². The molecule has 1 aromatic carbocycles. The molecule has 1 saturated heterocycles. The van der Waals surface area contributed by atoms with Crippen LogP contribution >= 0.6 is 11.8 Å². The number of nitrogens with zero attached hydrogens (tertiary/aromatic N) is 4. The Kier molecular flexibility index (Phi) is 6.48. The Balaban J connectivity index is 1.39. The smallest absolute Gasteiger partial charge is 0.253 e. The first kappa shape index (κ1) is 21.4. The van der Waals surface area contributed by atoms with Crippen molar-refractivity contribution in [2.24, 2.45) is 11.0 Å². The predicted molar refractivity (Wildman–Crippen MR) is 124 cm³/mol. The summed E-state index contributed by atoms with van der Waals surface area (Å²) in [4.78, 5) is 17.2. The molecule has 162 valence electrons. The number of hydrogen-bond donors (Lipinski definition) is 1. The molecule has 1 aliphatic carbocycles. The van der Waals surface area contributed by atoms with Gasteiger partial charge in [-0.15, -0.1) is 0 Å². The van der Waals surface area contributed by atoms with E-state index in [1.807, 2.05) is 43.3 Å². The molecular formula is C23H33N5OS. The molecule has 1 amide bonds. The molecule has 2 atom stereocenters. The number of hydrazone groups is 1. The summed E-state index contributed by atoms with van der Waals surface area (Å²) in [5.41, 5.74) is 2.69. The lowest BCUT2D eigenvalue weighted by Crippen LogP contribution is -2.44. The number of benzene rings is 1. The van der Waals surface area contributed by atoms with Crippen LogP contribution in [0.4, 0.5) is 0 Å². The minimum Gasteiger partial charge on any atom is -0.339 e. The van der Waals surface area contributed by atoms with Gasteiger partial charge in [0.2, 0.25) is 0 Å². The maximum atomic E-state index is 12.9. The zero-order chi connectivity index (χ0) is 21.3. The molecule has 1 N–H and O–H groups in total. The van der Waals surface area contributed by atoms with Crippen molar-refractivity contribution >= 4 is 28.4 Å². The van der Waals surface area contributed by atoms with E-state index in [2.05, 4.69) is 17.0 Å². The molecule has 0 radical (unpaired) electrons. The Hall–Kier alpha value is -1.86. The highest BCUT2D eigenvalue weighted by Crippen LogP contribution is 2.38. The molecule has 2 aliphatic heterocycles. The number of likely N-dealkylation sites (tertiary alicyclic amines) is 1. The van der Waals surface area contributed by atoms with E-state index < -0.39 is 0 Å². The number of nitrogens with one attached hydrogen (secondary N) is 1. The van der Waals surface area contributed by atoms with E-state index in [0.29, 0.717) is 17.3 Å². The summed E-state index contributed by atoms with van der Waals surface area (Å²) in [5.74, 6) is 0.597. The highest BCUT2D eigenvalue weighted by molar-refractivity contribution is 8.15. The summed E-state index contributed by atoms with van der Waals surface area (Å²) in [6, 6.07) is 8.26. The van der Waals surface area contributed by atoms with E-state index in [1.165, 1.54) is 6.42 Å². The number of hydrogen-bond acceptors (Lipinski definition) is 6. The lowest BCUT2D eigenvalue weighted by atomic mass is 9.87. The first-order valence-corrected chi connectivity index (χ1v) is 11.9. The highest BCUT2D eigenvalue weighted by atomic mass is 32.2. The third-order valence-electron chi connectivity index (χ3n) is 6.75. The van der Waals surface area contributed by atoms with Gasteiger partial charge in [-0.2, -0.15) is 5.10 Å². The third kappa shape index (κ3) is 4.57. The average Bonchev–Trinajstić information content (AvgIpc) is 3.15. The van der Waals surface area contributed by atoms with Crippen LogP contribution in [0.1, 0.15) is 54.4 Å². The predicted octanol–water partition coefficient (Wildman–Crippen LogP) is 3.73. The molecule has 0 bridgehead atoms. The van der Waals surface area contributed by atoms with Crippen molar-refractivity contribution in [1.29, 1.82) is 5.41 Å². The second-order valence-corrected chi connectivity index (χ2v) is 10.1. The van der Waals surface area contributed by atoms with Gasteiger partial charge in [-0.25, -0.2) is 0 Å². The summed E-state index contributed by atoms with van der Waals surface area (Å²) in [7, 11) is 6.11. The maximum absolute atomic E-state index is 12.9. The molecule has 2 unspecified atom stereocenters. The van der Waals surface area contributed by atoms with Crippen molar-refractivity contribution in [2.75, 3.05) is 34.2 Å². The zero-order valence-electron chi connectivity index (χ0n) is 18.3. The van der Waals surface area contributed by atoms with E-state index in [-0.39, 0.29) is 5.91 Å².